The van der Waals surface area contributed by atoms with E-state index in [-0.39, 0.29) is 17.2 Å². The third-order valence-corrected chi connectivity index (χ3v) is 4.82. The summed E-state index contributed by atoms with van der Waals surface area (Å²) in [6.07, 6.45) is -1.22. The van der Waals surface area contributed by atoms with Gasteiger partial charge in [-0.25, -0.2) is 4.79 Å². The molecule has 2 aromatic carbocycles. The second-order valence-electron chi connectivity index (χ2n) is 8.65. The van der Waals surface area contributed by atoms with Crippen LogP contribution in [0.2, 0.25) is 0 Å². The smallest absolute Gasteiger partial charge is 0.330 e. The maximum absolute atomic E-state index is 12.8. The van der Waals surface area contributed by atoms with Crippen LogP contribution in [0.25, 0.3) is 0 Å². The summed E-state index contributed by atoms with van der Waals surface area (Å²) >= 11 is 0. The summed E-state index contributed by atoms with van der Waals surface area (Å²) in [6.45, 7) is 9.85. The number of hydrogen-bond donors (Lipinski definition) is 2. The van der Waals surface area contributed by atoms with Crippen molar-refractivity contribution in [2.45, 2.75) is 52.2 Å². The lowest BCUT2D eigenvalue weighted by molar-refractivity contribution is -0.158. The molecule has 2 amide bonds. The molecule has 1 unspecified atom stereocenters. The summed E-state index contributed by atoms with van der Waals surface area (Å²) in [5.41, 5.74) is 7.42. The molecule has 6 heteroatoms. The molecule has 2 aromatic rings. The second kappa shape index (κ2) is 9.57. The maximum Gasteiger partial charge on any atom is 0.330 e. The van der Waals surface area contributed by atoms with Crippen LogP contribution in [0.15, 0.2) is 54.6 Å². The van der Waals surface area contributed by atoms with Crippen molar-refractivity contribution in [3.63, 3.8) is 0 Å². The number of nitrogens with one attached hydrogen (secondary N) is 1. The van der Waals surface area contributed by atoms with Crippen LogP contribution in [0.4, 0.5) is 0 Å². The molecule has 0 aliphatic carbocycles. The van der Waals surface area contributed by atoms with Crippen molar-refractivity contribution in [3.8, 4) is 0 Å². The van der Waals surface area contributed by atoms with Gasteiger partial charge in [-0.3, -0.25) is 9.59 Å². The largest absolute Gasteiger partial charge is 0.446 e. The molecule has 0 spiro atoms. The van der Waals surface area contributed by atoms with E-state index in [4.69, 9.17) is 10.5 Å². The second-order valence-corrected chi connectivity index (χ2v) is 8.65. The number of carbonyl (C=O) groups excluding carboxylic acids is 3. The van der Waals surface area contributed by atoms with E-state index in [0.29, 0.717) is 11.1 Å². The first-order chi connectivity index (χ1) is 14.0. The Morgan fingerprint density at radius 2 is 1.50 bits per heavy atom. The summed E-state index contributed by atoms with van der Waals surface area (Å²) in [5.74, 6) is -2.13. The molecule has 3 N–H and O–H groups in total. The molecule has 2 atom stereocenters. The van der Waals surface area contributed by atoms with Crippen molar-refractivity contribution in [3.05, 3.63) is 71.3 Å². The first-order valence-corrected chi connectivity index (χ1v) is 9.97. The van der Waals surface area contributed by atoms with E-state index >= 15 is 0 Å². The Bertz CT molecular complexity index is 884. The highest BCUT2D eigenvalue weighted by Crippen LogP contribution is 2.23. The molecule has 0 saturated heterocycles. The molecule has 2 rings (SSSR count). The van der Waals surface area contributed by atoms with Crippen molar-refractivity contribution >= 4 is 17.8 Å². The number of hydrogen-bond acceptors (Lipinski definition) is 4. The fourth-order valence-electron chi connectivity index (χ4n) is 2.95. The molecule has 6 nitrogen and oxygen atoms in total. The lowest BCUT2D eigenvalue weighted by atomic mass is 9.86. The van der Waals surface area contributed by atoms with Gasteiger partial charge in [-0.05, 0) is 29.0 Å². The average molecular weight is 411 g/mol. The SMILES string of the molecule is CC(C)[C@H](NC(=O)c1ccc(C(C)(C)C)cc1)C(=O)OC(C(N)=O)c1ccccc1. The molecule has 30 heavy (non-hydrogen) atoms. The van der Waals surface area contributed by atoms with E-state index in [0.717, 1.165) is 5.56 Å². The predicted molar refractivity (Wildman–Crippen MR) is 116 cm³/mol. The van der Waals surface area contributed by atoms with E-state index in [1.807, 2.05) is 12.1 Å². The van der Waals surface area contributed by atoms with E-state index in [1.165, 1.54) is 0 Å². The number of benzene rings is 2. The third-order valence-electron chi connectivity index (χ3n) is 4.82. The number of primary amides is 1. The number of esters is 1. The van der Waals surface area contributed by atoms with Crippen LogP contribution in [0.1, 0.15) is 62.2 Å². The Morgan fingerprint density at radius 3 is 1.97 bits per heavy atom. The van der Waals surface area contributed by atoms with Crippen LogP contribution in [-0.4, -0.2) is 23.8 Å². The van der Waals surface area contributed by atoms with Crippen LogP contribution in [-0.2, 0) is 19.7 Å². The Morgan fingerprint density at radius 1 is 0.933 bits per heavy atom. The van der Waals surface area contributed by atoms with Crippen molar-refractivity contribution in [2.75, 3.05) is 0 Å². The summed E-state index contributed by atoms with van der Waals surface area (Å²) in [7, 11) is 0. The van der Waals surface area contributed by atoms with Crippen LogP contribution < -0.4 is 11.1 Å². The molecule has 0 aliphatic rings. The fourth-order valence-corrected chi connectivity index (χ4v) is 2.95. The van der Waals surface area contributed by atoms with E-state index in [9.17, 15) is 14.4 Å². The molecular weight excluding hydrogens is 380 g/mol. The quantitative estimate of drug-likeness (QED) is 0.683. The minimum absolute atomic E-state index is 0.0273. The van der Waals surface area contributed by atoms with Crippen LogP contribution in [0.3, 0.4) is 0 Å². The molecule has 0 bridgehead atoms. The van der Waals surface area contributed by atoms with Gasteiger partial charge in [-0.2, -0.15) is 0 Å². The zero-order valence-corrected chi connectivity index (χ0v) is 18.1. The predicted octanol–water partition coefficient (Wildman–Crippen LogP) is 3.51. The van der Waals surface area contributed by atoms with Crippen LogP contribution >= 0.6 is 0 Å². The van der Waals surface area contributed by atoms with Gasteiger partial charge in [0.25, 0.3) is 11.8 Å². The molecular formula is C24H30N2O4. The lowest BCUT2D eigenvalue weighted by Crippen LogP contribution is -2.46. The summed E-state index contributed by atoms with van der Waals surface area (Å²) in [4.78, 5) is 37.3. The van der Waals surface area contributed by atoms with Crippen molar-refractivity contribution < 1.29 is 19.1 Å². The zero-order chi connectivity index (χ0) is 22.5. The van der Waals surface area contributed by atoms with Gasteiger partial charge in [0.1, 0.15) is 6.04 Å². The normalized spacial score (nSPS) is 13.4. The monoisotopic (exact) mass is 410 g/mol. The fraction of sp³-hybridized carbons (Fsp3) is 0.375. The summed E-state index contributed by atoms with van der Waals surface area (Å²) in [6, 6.07) is 14.9. The minimum atomic E-state index is -1.22. The number of ether oxygens (including phenoxy) is 1. The van der Waals surface area contributed by atoms with Gasteiger partial charge in [0.15, 0.2) is 0 Å². The van der Waals surface area contributed by atoms with Crippen molar-refractivity contribution in [2.24, 2.45) is 11.7 Å². The average Bonchev–Trinajstić information content (AvgIpc) is 2.69. The van der Waals surface area contributed by atoms with Gasteiger partial charge in [-0.1, -0.05) is 77.1 Å². The summed E-state index contributed by atoms with van der Waals surface area (Å²) in [5, 5.41) is 2.72. The number of rotatable bonds is 7. The number of nitrogens with two attached hydrogens (primary N) is 1. The molecule has 0 saturated carbocycles. The molecule has 0 fully saturated rings. The lowest BCUT2D eigenvalue weighted by Gasteiger charge is -2.24. The van der Waals surface area contributed by atoms with E-state index in [2.05, 4.69) is 26.1 Å². The summed E-state index contributed by atoms with van der Waals surface area (Å²) < 4.78 is 5.39. The van der Waals surface area contributed by atoms with Gasteiger partial charge < -0.3 is 15.8 Å². The molecule has 0 heterocycles. The van der Waals surface area contributed by atoms with Crippen LogP contribution in [0, 0.1) is 5.92 Å². The number of amides is 2. The van der Waals surface area contributed by atoms with Crippen molar-refractivity contribution in [1.82, 2.24) is 5.32 Å². The highest BCUT2D eigenvalue weighted by atomic mass is 16.5. The first-order valence-electron chi connectivity index (χ1n) is 9.97. The van der Waals surface area contributed by atoms with Gasteiger partial charge in [0, 0.05) is 11.1 Å². The highest BCUT2D eigenvalue weighted by molar-refractivity contribution is 5.97. The Kier molecular flexibility index (Phi) is 7.38. The standard InChI is InChI=1S/C24H30N2O4/c1-15(2)19(23(29)30-20(21(25)27)16-9-7-6-8-10-16)26-22(28)17-11-13-18(14-12-17)24(3,4)5/h6-15,19-20H,1-5H3,(H2,25,27)(H,26,28)/t19-,20?/m0/s1. The Balaban J connectivity index is 2.15. The zero-order valence-electron chi connectivity index (χ0n) is 18.1. The van der Waals surface area contributed by atoms with Crippen molar-refractivity contribution in [1.29, 1.82) is 0 Å². The van der Waals surface area contributed by atoms with E-state index < -0.39 is 24.0 Å². The molecule has 0 aromatic heterocycles. The van der Waals surface area contributed by atoms with Crippen LogP contribution in [0.5, 0.6) is 0 Å². The molecule has 0 aliphatic heterocycles. The van der Waals surface area contributed by atoms with Gasteiger partial charge in [-0.15, -0.1) is 0 Å². The molecule has 0 radical (unpaired) electrons. The third kappa shape index (κ3) is 5.92. The minimum Gasteiger partial charge on any atom is -0.446 e. The number of carbonyl (C=O) groups is 3. The van der Waals surface area contributed by atoms with Gasteiger partial charge in [0.2, 0.25) is 6.10 Å². The Labute approximate surface area is 177 Å². The maximum atomic E-state index is 12.8. The van der Waals surface area contributed by atoms with E-state index in [1.54, 1.807) is 56.3 Å². The highest BCUT2D eigenvalue weighted by Gasteiger charge is 2.31. The van der Waals surface area contributed by atoms with Gasteiger partial charge >= 0.3 is 5.97 Å². The first kappa shape index (κ1) is 23.1. The topological polar surface area (TPSA) is 98.5 Å². The Hall–Kier alpha value is -3.15. The molecule has 160 valence electrons. The van der Waals surface area contributed by atoms with Gasteiger partial charge in [0.05, 0.1) is 0 Å².